The van der Waals surface area contributed by atoms with Crippen LogP contribution in [0.2, 0.25) is 0 Å². The number of para-hydroxylation sites is 4. The van der Waals surface area contributed by atoms with Gasteiger partial charge in [0.25, 0.3) is 0 Å². The number of nitrogens with zero attached hydrogens (tertiary/aromatic N) is 3. The van der Waals surface area contributed by atoms with Gasteiger partial charge in [0.15, 0.2) is 17.6 Å². The normalized spacial score (nSPS) is 18.5. The summed E-state index contributed by atoms with van der Waals surface area (Å²) in [6.07, 6.45) is -0.152. The lowest BCUT2D eigenvalue weighted by atomic mass is 10.2. The first kappa shape index (κ1) is 21.3. The van der Waals surface area contributed by atoms with E-state index in [9.17, 15) is 4.79 Å². The Labute approximate surface area is 184 Å². The number of anilines is 1. The fraction of sp³-hybridized carbons (Fsp3) is 0.458. The van der Waals surface area contributed by atoms with Crippen molar-refractivity contribution in [3.63, 3.8) is 0 Å². The number of methoxy groups -OCH3 is 1. The molecule has 1 saturated heterocycles. The molecule has 2 heterocycles. The largest absolute Gasteiger partial charge is 0.495 e. The minimum Gasteiger partial charge on any atom is -0.495 e. The summed E-state index contributed by atoms with van der Waals surface area (Å²) in [5.74, 6) is 2.53. The zero-order valence-electron chi connectivity index (χ0n) is 18.3. The van der Waals surface area contributed by atoms with Gasteiger partial charge in [-0.2, -0.15) is 0 Å². The van der Waals surface area contributed by atoms with Crippen molar-refractivity contribution in [3.05, 3.63) is 48.5 Å². The van der Waals surface area contributed by atoms with Gasteiger partial charge < -0.3 is 24.0 Å². The van der Waals surface area contributed by atoms with Crippen molar-refractivity contribution in [1.29, 1.82) is 0 Å². The van der Waals surface area contributed by atoms with Crippen LogP contribution in [0.25, 0.3) is 0 Å². The van der Waals surface area contributed by atoms with E-state index in [2.05, 4.69) is 15.9 Å². The van der Waals surface area contributed by atoms with Crippen LogP contribution in [0.3, 0.4) is 0 Å². The van der Waals surface area contributed by atoms with Gasteiger partial charge in [-0.25, -0.2) is 0 Å². The average molecular weight is 426 g/mol. The summed E-state index contributed by atoms with van der Waals surface area (Å²) in [6.45, 7) is 7.51. The summed E-state index contributed by atoms with van der Waals surface area (Å²) in [5.41, 5.74) is 1.11. The molecule has 7 nitrogen and oxygen atoms in total. The fourth-order valence-corrected chi connectivity index (χ4v) is 4.14. The second-order valence-electron chi connectivity index (χ2n) is 7.87. The monoisotopic (exact) mass is 425 g/mol. The van der Waals surface area contributed by atoms with Gasteiger partial charge in [-0.15, -0.1) is 0 Å². The lowest BCUT2D eigenvalue weighted by Gasteiger charge is -2.37. The second kappa shape index (κ2) is 9.92. The van der Waals surface area contributed by atoms with E-state index >= 15 is 0 Å². The van der Waals surface area contributed by atoms with Crippen molar-refractivity contribution in [2.75, 3.05) is 64.4 Å². The number of ether oxygens (including phenoxy) is 3. The first-order chi connectivity index (χ1) is 15.2. The van der Waals surface area contributed by atoms with Crippen molar-refractivity contribution in [2.45, 2.75) is 13.0 Å². The van der Waals surface area contributed by atoms with E-state index in [1.54, 1.807) is 7.11 Å². The highest BCUT2D eigenvalue weighted by Gasteiger charge is 2.27. The number of carbonyl (C=O) groups excluding carboxylic acids is 1. The van der Waals surface area contributed by atoms with Gasteiger partial charge in [-0.1, -0.05) is 24.3 Å². The maximum atomic E-state index is 13.0. The molecule has 1 atom stereocenters. The predicted molar refractivity (Wildman–Crippen MR) is 120 cm³/mol. The van der Waals surface area contributed by atoms with Gasteiger partial charge in [0.05, 0.1) is 25.9 Å². The van der Waals surface area contributed by atoms with E-state index in [4.69, 9.17) is 14.2 Å². The van der Waals surface area contributed by atoms with E-state index in [-0.39, 0.29) is 12.0 Å². The molecule has 2 aliphatic heterocycles. The van der Waals surface area contributed by atoms with Gasteiger partial charge in [0.2, 0.25) is 5.91 Å². The maximum absolute atomic E-state index is 13.0. The number of rotatable bonds is 7. The molecule has 1 fully saturated rings. The lowest BCUT2D eigenvalue weighted by molar-refractivity contribution is -0.133. The molecule has 4 rings (SSSR count). The molecule has 0 bridgehead atoms. The summed E-state index contributed by atoms with van der Waals surface area (Å²) in [4.78, 5) is 19.4. The van der Waals surface area contributed by atoms with Crippen LogP contribution < -0.4 is 19.1 Å². The molecule has 2 aromatic rings. The van der Waals surface area contributed by atoms with E-state index < -0.39 is 0 Å². The highest BCUT2D eigenvalue weighted by Crippen LogP contribution is 2.31. The second-order valence-corrected chi connectivity index (χ2v) is 7.87. The van der Waals surface area contributed by atoms with Crippen LogP contribution in [-0.4, -0.2) is 81.3 Å². The Morgan fingerprint density at radius 2 is 1.77 bits per heavy atom. The van der Waals surface area contributed by atoms with Crippen molar-refractivity contribution < 1.29 is 19.0 Å². The quantitative estimate of drug-likeness (QED) is 0.680. The van der Waals surface area contributed by atoms with Gasteiger partial charge in [0, 0.05) is 32.7 Å². The molecular weight excluding hydrogens is 394 g/mol. The summed E-state index contributed by atoms with van der Waals surface area (Å²) >= 11 is 0. The van der Waals surface area contributed by atoms with E-state index in [1.807, 2.05) is 54.3 Å². The van der Waals surface area contributed by atoms with E-state index in [1.165, 1.54) is 0 Å². The third-order valence-corrected chi connectivity index (χ3v) is 5.88. The first-order valence-electron chi connectivity index (χ1n) is 10.9. The summed E-state index contributed by atoms with van der Waals surface area (Å²) in [7, 11) is 1.70. The lowest BCUT2D eigenvalue weighted by Crippen LogP contribution is -2.51. The minimum absolute atomic E-state index is 0.135. The molecule has 0 unspecified atom stereocenters. The fourth-order valence-electron chi connectivity index (χ4n) is 4.14. The van der Waals surface area contributed by atoms with Gasteiger partial charge >= 0.3 is 0 Å². The molecule has 0 aromatic heterocycles. The van der Waals surface area contributed by atoms with Gasteiger partial charge in [0.1, 0.15) is 12.4 Å². The van der Waals surface area contributed by atoms with Crippen LogP contribution in [0.15, 0.2) is 48.5 Å². The summed E-state index contributed by atoms with van der Waals surface area (Å²) in [6, 6.07) is 15.7. The van der Waals surface area contributed by atoms with Crippen LogP contribution in [0.4, 0.5) is 5.69 Å². The Kier molecular flexibility index (Phi) is 6.82. The number of hydrogen-bond donors (Lipinski definition) is 0. The molecule has 0 radical (unpaired) electrons. The molecule has 7 heteroatoms. The summed E-state index contributed by atoms with van der Waals surface area (Å²) in [5, 5.41) is 0. The third kappa shape index (κ3) is 5.05. The molecule has 0 aliphatic carbocycles. The van der Waals surface area contributed by atoms with E-state index in [0.29, 0.717) is 26.2 Å². The molecular formula is C24H31N3O4. The zero-order chi connectivity index (χ0) is 21.6. The number of benzene rings is 2. The number of hydrogen-bond acceptors (Lipinski definition) is 6. The predicted octanol–water partition coefficient (Wildman–Crippen LogP) is 2.51. The highest BCUT2D eigenvalue weighted by atomic mass is 16.6. The van der Waals surface area contributed by atoms with Gasteiger partial charge in [-0.3, -0.25) is 9.69 Å². The molecule has 0 N–H and O–H groups in total. The number of carbonyl (C=O) groups is 1. The Morgan fingerprint density at radius 3 is 2.52 bits per heavy atom. The van der Waals surface area contributed by atoms with Crippen LogP contribution >= 0.6 is 0 Å². The minimum atomic E-state index is -0.152. The van der Waals surface area contributed by atoms with Crippen LogP contribution in [0, 0.1) is 0 Å². The standard InChI is InChI=1S/C24H31N3O4/c1-3-26(16-19-18-30-22-10-6-7-11-23(22)31-19)24(28)17-25-12-14-27(15-13-25)20-8-4-5-9-21(20)29-2/h4-11,19H,3,12-18H2,1-2H3/t19-/m0/s1. The highest BCUT2D eigenvalue weighted by molar-refractivity contribution is 5.78. The maximum Gasteiger partial charge on any atom is 0.236 e. The molecule has 0 saturated carbocycles. The van der Waals surface area contributed by atoms with Crippen molar-refractivity contribution in [2.24, 2.45) is 0 Å². The molecule has 1 amide bonds. The molecule has 2 aromatic carbocycles. The Bertz CT molecular complexity index is 883. The molecule has 31 heavy (non-hydrogen) atoms. The van der Waals surface area contributed by atoms with Gasteiger partial charge in [-0.05, 0) is 31.2 Å². The third-order valence-electron chi connectivity index (χ3n) is 5.88. The molecule has 2 aliphatic rings. The van der Waals surface area contributed by atoms with Crippen LogP contribution in [-0.2, 0) is 4.79 Å². The van der Waals surface area contributed by atoms with Crippen molar-refractivity contribution in [1.82, 2.24) is 9.80 Å². The number of amides is 1. The number of piperazine rings is 1. The van der Waals surface area contributed by atoms with Crippen molar-refractivity contribution >= 4 is 11.6 Å². The Hall–Kier alpha value is -2.93. The van der Waals surface area contributed by atoms with Crippen LogP contribution in [0.5, 0.6) is 17.2 Å². The Balaban J connectivity index is 1.28. The van der Waals surface area contributed by atoms with Crippen molar-refractivity contribution in [3.8, 4) is 17.2 Å². The summed E-state index contributed by atoms with van der Waals surface area (Å²) < 4.78 is 17.3. The van der Waals surface area contributed by atoms with Crippen LogP contribution in [0.1, 0.15) is 6.92 Å². The molecule has 0 spiro atoms. The number of likely N-dealkylation sites (N-methyl/N-ethyl adjacent to an activating group) is 1. The zero-order valence-corrected chi connectivity index (χ0v) is 18.3. The number of fused-ring (bicyclic) bond motifs is 1. The SMILES string of the molecule is CCN(C[C@H]1COc2ccccc2O1)C(=O)CN1CCN(c2ccccc2OC)CC1. The first-order valence-corrected chi connectivity index (χ1v) is 10.9. The molecule has 166 valence electrons. The topological polar surface area (TPSA) is 54.5 Å². The van der Waals surface area contributed by atoms with E-state index in [0.717, 1.165) is 49.1 Å². The smallest absolute Gasteiger partial charge is 0.236 e. The average Bonchev–Trinajstić information content (AvgIpc) is 2.82. The Morgan fingerprint density at radius 1 is 1.06 bits per heavy atom.